The average Bonchev–Trinajstić information content (AvgIpc) is 2.68. The zero-order valence-corrected chi connectivity index (χ0v) is 14.2. The maximum atomic E-state index is 12.3. The Morgan fingerprint density at radius 1 is 0.667 bits per heavy atom. The second-order valence-corrected chi connectivity index (χ2v) is 6.01. The fraction of sp³-hybridized carbons (Fsp3) is 0.0909. The van der Waals surface area contributed by atoms with Crippen LogP contribution in [-0.4, -0.2) is 17.7 Å². The number of hydrogen-bond donors (Lipinski definition) is 0. The summed E-state index contributed by atoms with van der Waals surface area (Å²) in [5.74, 6) is -2.88. The summed E-state index contributed by atoms with van der Waals surface area (Å²) in [6, 6.07) is 23.7. The van der Waals surface area contributed by atoms with Gasteiger partial charge >= 0.3 is 6.18 Å². The Morgan fingerprint density at radius 3 is 1.67 bits per heavy atom. The summed E-state index contributed by atoms with van der Waals surface area (Å²) in [5.41, 5.74) is 3.88. The predicted molar refractivity (Wildman–Crippen MR) is 97.3 cm³/mol. The number of ketones is 2. The van der Waals surface area contributed by atoms with Crippen LogP contribution in [-0.2, 0) is 4.79 Å². The fourth-order valence-corrected chi connectivity index (χ4v) is 2.79. The van der Waals surface area contributed by atoms with Crippen molar-refractivity contribution in [2.45, 2.75) is 12.6 Å². The number of halogens is 3. The van der Waals surface area contributed by atoms with Crippen molar-refractivity contribution in [1.82, 2.24) is 0 Å². The van der Waals surface area contributed by atoms with Crippen molar-refractivity contribution < 1.29 is 22.8 Å². The van der Waals surface area contributed by atoms with E-state index in [1.54, 1.807) is 12.1 Å². The van der Waals surface area contributed by atoms with E-state index in [-0.39, 0.29) is 5.56 Å². The van der Waals surface area contributed by atoms with E-state index in [2.05, 4.69) is 0 Å². The Labute approximate surface area is 154 Å². The quantitative estimate of drug-likeness (QED) is 0.426. The lowest BCUT2D eigenvalue weighted by Crippen LogP contribution is -2.25. The number of alkyl halides is 3. The SMILES string of the molecule is O=C(CC(=O)C(F)(F)F)c1ccc(-c2ccccc2-c2ccccc2)cc1. The number of benzene rings is 3. The highest BCUT2D eigenvalue weighted by atomic mass is 19.4. The van der Waals surface area contributed by atoms with Gasteiger partial charge in [0.15, 0.2) is 5.78 Å². The molecule has 0 atom stereocenters. The molecule has 0 spiro atoms. The van der Waals surface area contributed by atoms with E-state index in [4.69, 9.17) is 0 Å². The Morgan fingerprint density at radius 2 is 1.15 bits per heavy atom. The Balaban J connectivity index is 1.87. The zero-order valence-electron chi connectivity index (χ0n) is 14.2. The molecular weight excluding hydrogens is 353 g/mol. The van der Waals surface area contributed by atoms with Crippen LogP contribution in [0.25, 0.3) is 22.3 Å². The maximum absolute atomic E-state index is 12.3. The Bertz CT molecular complexity index is 959. The van der Waals surface area contributed by atoms with E-state index in [0.29, 0.717) is 0 Å². The lowest BCUT2D eigenvalue weighted by Gasteiger charge is -2.11. The molecule has 2 nitrogen and oxygen atoms in total. The number of hydrogen-bond acceptors (Lipinski definition) is 2. The van der Waals surface area contributed by atoms with Crippen molar-refractivity contribution in [2.75, 3.05) is 0 Å². The molecule has 0 radical (unpaired) electrons. The molecule has 0 bridgehead atoms. The molecule has 0 aromatic heterocycles. The molecule has 0 saturated carbocycles. The minimum absolute atomic E-state index is 0.0774. The van der Waals surface area contributed by atoms with Gasteiger partial charge in [-0.1, -0.05) is 78.9 Å². The van der Waals surface area contributed by atoms with Crippen molar-refractivity contribution in [3.8, 4) is 22.3 Å². The van der Waals surface area contributed by atoms with Crippen LogP contribution in [0.2, 0.25) is 0 Å². The van der Waals surface area contributed by atoms with Crippen LogP contribution in [0.15, 0.2) is 78.9 Å². The standard InChI is InChI=1S/C22H15F3O2/c23-22(24,25)21(27)14-20(26)17-12-10-16(11-13-17)19-9-5-4-8-18(19)15-6-2-1-3-7-15/h1-13H,14H2. The third-order valence-corrected chi connectivity index (χ3v) is 4.17. The van der Waals surface area contributed by atoms with Crippen LogP contribution in [0, 0.1) is 0 Å². The van der Waals surface area contributed by atoms with E-state index in [1.807, 2.05) is 54.6 Å². The summed E-state index contributed by atoms with van der Waals surface area (Å²) < 4.78 is 36.9. The summed E-state index contributed by atoms with van der Waals surface area (Å²) in [5, 5.41) is 0. The number of rotatable bonds is 5. The number of Topliss-reactive ketones (excluding diaryl/α,β-unsaturated/α-hetero) is 2. The van der Waals surface area contributed by atoms with Gasteiger partial charge in [0.25, 0.3) is 0 Å². The predicted octanol–water partition coefficient (Wildman–Crippen LogP) is 5.72. The van der Waals surface area contributed by atoms with Crippen molar-refractivity contribution in [3.05, 3.63) is 84.4 Å². The van der Waals surface area contributed by atoms with Crippen LogP contribution in [0.4, 0.5) is 13.2 Å². The van der Waals surface area contributed by atoms with Gasteiger partial charge in [-0.05, 0) is 22.3 Å². The van der Waals surface area contributed by atoms with Crippen LogP contribution < -0.4 is 0 Å². The largest absolute Gasteiger partial charge is 0.450 e. The lowest BCUT2D eigenvalue weighted by atomic mass is 9.93. The molecular formula is C22H15F3O2. The fourth-order valence-electron chi connectivity index (χ4n) is 2.79. The first-order chi connectivity index (χ1) is 12.9. The first-order valence-electron chi connectivity index (χ1n) is 8.24. The molecule has 3 rings (SSSR count). The van der Waals surface area contributed by atoms with Crippen molar-refractivity contribution in [3.63, 3.8) is 0 Å². The normalized spacial score (nSPS) is 11.2. The van der Waals surface area contributed by atoms with E-state index in [0.717, 1.165) is 22.3 Å². The van der Waals surface area contributed by atoms with Crippen molar-refractivity contribution >= 4 is 11.6 Å². The molecule has 0 saturated heterocycles. The molecule has 0 aliphatic carbocycles. The van der Waals surface area contributed by atoms with Gasteiger partial charge in [0.2, 0.25) is 5.78 Å². The van der Waals surface area contributed by atoms with Gasteiger partial charge in [-0.25, -0.2) is 0 Å². The molecule has 0 aliphatic heterocycles. The molecule has 27 heavy (non-hydrogen) atoms. The highest BCUT2D eigenvalue weighted by Gasteiger charge is 2.39. The summed E-state index contributed by atoms with van der Waals surface area (Å²) in [4.78, 5) is 22.9. The minimum Gasteiger partial charge on any atom is -0.294 e. The van der Waals surface area contributed by atoms with Gasteiger partial charge in [0.1, 0.15) is 0 Å². The van der Waals surface area contributed by atoms with E-state index in [1.165, 1.54) is 12.1 Å². The van der Waals surface area contributed by atoms with Crippen LogP contribution in [0.1, 0.15) is 16.8 Å². The summed E-state index contributed by atoms with van der Waals surface area (Å²) in [6.45, 7) is 0. The first kappa shape index (κ1) is 18.6. The van der Waals surface area contributed by atoms with E-state index >= 15 is 0 Å². The van der Waals surface area contributed by atoms with Crippen LogP contribution >= 0.6 is 0 Å². The Hall–Kier alpha value is -3.21. The number of carbonyl (C=O) groups excluding carboxylic acids is 2. The van der Waals surface area contributed by atoms with E-state index in [9.17, 15) is 22.8 Å². The summed E-state index contributed by atoms with van der Waals surface area (Å²) in [6.07, 6.45) is -6.17. The minimum atomic E-state index is -5.00. The van der Waals surface area contributed by atoms with Gasteiger partial charge < -0.3 is 0 Å². The number of carbonyl (C=O) groups is 2. The second kappa shape index (κ2) is 7.58. The molecule has 0 heterocycles. The summed E-state index contributed by atoms with van der Waals surface area (Å²) >= 11 is 0. The topological polar surface area (TPSA) is 34.1 Å². The monoisotopic (exact) mass is 368 g/mol. The van der Waals surface area contributed by atoms with Crippen molar-refractivity contribution in [1.29, 1.82) is 0 Å². The summed E-state index contributed by atoms with van der Waals surface area (Å²) in [7, 11) is 0. The molecule has 3 aromatic rings. The zero-order chi connectivity index (χ0) is 19.4. The molecule has 0 fully saturated rings. The molecule has 0 N–H and O–H groups in total. The first-order valence-corrected chi connectivity index (χ1v) is 8.24. The van der Waals surface area contributed by atoms with Crippen molar-refractivity contribution in [2.24, 2.45) is 0 Å². The molecule has 3 aromatic carbocycles. The van der Waals surface area contributed by atoms with Crippen LogP contribution in [0.5, 0.6) is 0 Å². The lowest BCUT2D eigenvalue weighted by molar-refractivity contribution is -0.170. The highest BCUT2D eigenvalue weighted by molar-refractivity contribution is 6.09. The highest BCUT2D eigenvalue weighted by Crippen LogP contribution is 2.32. The maximum Gasteiger partial charge on any atom is 0.450 e. The molecule has 5 heteroatoms. The van der Waals surface area contributed by atoms with Gasteiger partial charge in [0.05, 0.1) is 6.42 Å². The second-order valence-electron chi connectivity index (χ2n) is 6.01. The van der Waals surface area contributed by atoms with Gasteiger partial charge in [-0.15, -0.1) is 0 Å². The third-order valence-electron chi connectivity index (χ3n) is 4.17. The molecule has 0 unspecified atom stereocenters. The van der Waals surface area contributed by atoms with Gasteiger partial charge in [0, 0.05) is 5.56 Å². The molecule has 136 valence electrons. The van der Waals surface area contributed by atoms with Gasteiger partial charge in [-0.2, -0.15) is 13.2 Å². The Kier molecular flexibility index (Phi) is 5.21. The third kappa shape index (κ3) is 4.31. The van der Waals surface area contributed by atoms with Crippen LogP contribution in [0.3, 0.4) is 0 Å². The smallest absolute Gasteiger partial charge is 0.294 e. The molecule has 0 aliphatic rings. The van der Waals surface area contributed by atoms with Gasteiger partial charge in [-0.3, -0.25) is 9.59 Å². The van der Waals surface area contributed by atoms with E-state index < -0.39 is 24.2 Å². The average molecular weight is 368 g/mol. The molecule has 0 amide bonds.